The minimum atomic E-state index is -4.61. The van der Waals surface area contributed by atoms with Gasteiger partial charge in [0.05, 0.1) is 16.2 Å². The quantitative estimate of drug-likeness (QED) is 0.451. The van der Waals surface area contributed by atoms with Crippen molar-refractivity contribution < 1.29 is 21.6 Å². The van der Waals surface area contributed by atoms with Crippen LogP contribution >= 0.6 is 0 Å². The number of nitrogens with zero attached hydrogens (tertiary/aromatic N) is 8. The molecule has 10 nitrogen and oxygen atoms in total. The van der Waals surface area contributed by atoms with Crippen LogP contribution in [-0.4, -0.2) is 48.5 Å². The normalized spacial score (nSPS) is 12.2. The van der Waals surface area contributed by atoms with Crippen molar-refractivity contribution in [3.8, 4) is 23.4 Å². The maximum Gasteiger partial charge on any atom is 0.417 e. The van der Waals surface area contributed by atoms with Gasteiger partial charge in [0, 0.05) is 13.2 Å². The van der Waals surface area contributed by atoms with E-state index >= 15 is 0 Å². The van der Waals surface area contributed by atoms with Crippen molar-refractivity contribution in [1.29, 1.82) is 5.26 Å². The van der Waals surface area contributed by atoms with Gasteiger partial charge in [-0.1, -0.05) is 6.92 Å². The summed E-state index contributed by atoms with van der Waals surface area (Å²) in [4.78, 5) is 16.0. The fourth-order valence-electron chi connectivity index (χ4n) is 3.00. The van der Waals surface area contributed by atoms with Crippen molar-refractivity contribution in [2.45, 2.75) is 18.0 Å². The Balaban J connectivity index is 1.98. The third-order valence-corrected chi connectivity index (χ3v) is 6.39. The van der Waals surface area contributed by atoms with Gasteiger partial charge in [-0.15, -0.1) is 5.10 Å². The van der Waals surface area contributed by atoms with E-state index in [0.717, 1.165) is 6.07 Å². The Morgan fingerprint density at radius 2 is 1.94 bits per heavy atom. The number of nitriles is 1. The van der Waals surface area contributed by atoms with Gasteiger partial charge in [-0.2, -0.15) is 18.4 Å². The lowest BCUT2D eigenvalue weighted by Crippen LogP contribution is -2.11. The maximum absolute atomic E-state index is 13.1. The molecule has 0 fully saturated rings. The van der Waals surface area contributed by atoms with Crippen molar-refractivity contribution in [1.82, 2.24) is 34.3 Å². The summed E-state index contributed by atoms with van der Waals surface area (Å²) in [6.45, 7) is 1.45. The van der Waals surface area contributed by atoms with Crippen LogP contribution in [-0.2, 0) is 23.1 Å². The molecule has 0 saturated heterocycles. The number of rotatable bonds is 4. The van der Waals surface area contributed by atoms with E-state index < -0.39 is 21.6 Å². The van der Waals surface area contributed by atoms with E-state index in [1.54, 1.807) is 6.07 Å². The standard InChI is InChI=1S/C18H13F3N8O2S/c1-3-32(30,31)12-4-5-14(29-9-24-13(7-22)27-29)26-15(12)17-25-11-6-10(18(19,20)21)8-23-16(11)28(17)2/h4-6,8-9H,3H2,1-2H3. The number of aryl methyl sites for hydroxylation is 1. The van der Waals surface area contributed by atoms with Gasteiger partial charge in [0.15, 0.2) is 27.1 Å². The average molecular weight is 462 g/mol. The second-order valence-corrected chi connectivity index (χ2v) is 8.85. The molecule has 0 aliphatic carbocycles. The molecule has 4 aromatic rings. The fourth-order valence-corrected chi connectivity index (χ4v) is 4.02. The van der Waals surface area contributed by atoms with Crippen LogP contribution in [0.25, 0.3) is 28.5 Å². The molecule has 4 heterocycles. The molecule has 0 radical (unpaired) electrons. The summed E-state index contributed by atoms with van der Waals surface area (Å²) in [5.74, 6) is -0.213. The number of hydrogen-bond acceptors (Lipinski definition) is 8. The monoisotopic (exact) mass is 462 g/mol. The molecule has 32 heavy (non-hydrogen) atoms. The van der Waals surface area contributed by atoms with Gasteiger partial charge in [0.1, 0.15) is 23.6 Å². The maximum atomic E-state index is 13.1. The molecule has 0 N–H and O–H groups in total. The van der Waals surface area contributed by atoms with Crippen molar-refractivity contribution in [3.63, 3.8) is 0 Å². The minimum Gasteiger partial charge on any atom is -0.310 e. The number of sulfone groups is 1. The first kappa shape index (κ1) is 21.4. The Morgan fingerprint density at radius 3 is 2.56 bits per heavy atom. The van der Waals surface area contributed by atoms with Crippen LogP contribution in [0.3, 0.4) is 0 Å². The Hall–Kier alpha value is -3.86. The van der Waals surface area contributed by atoms with Crippen LogP contribution in [0.4, 0.5) is 13.2 Å². The lowest BCUT2D eigenvalue weighted by atomic mass is 10.2. The molecule has 0 aliphatic heterocycles. The van der Waals surface area contributed by atoms with Crippen LogP contribution in [0.15, 0.2) is 35.6 Å². The molecule has 0 aliphatic rings. The number of alkyl halides is 3. The molecule has 0 spiro atoms. The Bertz CT molecular complexity index is 1500. The first-order chi connectivity index (χ1) is 15.0. The topological polar surface area (TPSA) is 132 Å². The summed E-state index contributed by atoms with van der Waals surface area (Å²) >= 11 is 0. The highest BCUT2D eigenvalue weighted by atomic mass is 32.2. The van der Waals surface area contributed by atoms with Crippen LogP contribution in [0, 0.1) is 11.3 Å². The highest BCUT2D eigenvalue weighted by Gasteiger charge is 2.32. The van der Waals surface area contributed by atoms with E-state index in [1.807, 2.05) is 0 Å². The number of halogens is 3. The van der Waals surface area contributed by atoms with Gasteiger partial charge in [-0.3, -0.25) is 0 Å². The van der Waals surface area contributed by atoms with Gasteiger partial charge >= 0.3 is 6.18 Å². The van der Waals surface area contributed by atoms with Crippen LogP contribution < -0.4 is 0 Å². The second-order valence-electron chi connectivity index (χ2n) is 6.60. The van der Waals surface area contributed by atoms with Gasteiger partial charge in [-0.05, 0) is 18.2 Å². The molecule has 4 aromatic heterocycles. The van der Waals surface area contributed by atoms with Gasteiger partial charge in [0.25, 0.3) is 5.82 Å². The highest BCUT2D eigenvalue weighted by molar-refractivity contribution is 7.91. The van der Waals surface area contributed by atoms with E-state index in [0.29, 0.717) is 6.20 Å². The molecule has 0 aromatic carbocycles. The molecule has 0 amide bonds. The first-order valence-electron chi connectivity index (χ1n) is 9.01. The molecule has 4 rings (SSSR count). The number of imidazole rings is 1. The van der Waals surface area contributed by atoms with E-state index in [1.165, 1.54) is 41.7 Å². The van der Waals surface area contributed by atoms with E-state index in [9.17, 15) is 21.6 Å². The predicted octanol–water partition coefficient (Wildman–Crippen LogP) is 2.30. The molecule has 14 heteroatoms. The minimum absolute atomic E-state index is 0.00122. The summed E-state index contributed by atoms with van der Waals surface area (Å²) in [7, 11) is -2.28. The zero-order chi connectivity index (χ0) is 23.3. The lowest BCUT2D eigenvalue weighted by molar-refractivity contribution is -0.137. The largest absolute Gasteiger partial charge is 0.417 e. The molecular weight excluding hydrogens is 449 g/mol. The number of pyridine rings is 2. The number of aromatic nitrogens is 7. The van der Waals surface area contributed by atoms with Gasteiger partial charge < -0.3 is 4.57 Å². The molecule has 0 atom stereocenters. The van der Waals surface area contributed by atoms with Crippen molar-refractivity contribution >= 4 is 21.0 Å². The number of fused-ring (bicyclic) bond motifs is 1. The first-order valence-corrected chi connectivity index (χ1v) is 10.7. The summed E-state index contributed by atoms with van der Waals surface area (Å²) in [5, 5.41) is 12.8. The Kier molecular flexibility index (Phi) is 4.93. The molecule has 0 saturated carbocycles. The predicted molar refractivity (Wildman–Crippen MR) is 104 cm³/mol. The Labute approximate surface area is 178 Å². The van der Waals surface area contributed by atoms with Crippen LogP contribution in [0.2, 0.25) is 0 Å². The summed E-state index contributed by atoms with van der Waals surface area (Å²) < 4.78 is 67.1. The molecule has 164 valence electrons. The van der Waals surface area contributed by atoms with Gasteiger partial charge in [0.2, 0.25) is 0 Å². The van der Waals surface area contributed by atoms with Crippen molar-refractivity contribution in [3.05, 3.63) is 42.1 Å². The highest BCUT2D eigenvalue weighted by Crippen LogP contribution is 2.33. The average Bonchev–Trinajstić information content (AvgIpc) is 3.37. The summed E-state index contributed by atoms with van der Waals surface area (Å²) in [5.41, 5.74) is -1.03. The second kappa shape index (κ2) is 7.38. The third kappa shape index (κ3) is 3.56. The SMILES string of the molecule is CCS(=O)(=O)c1ccc(-n2cnc(C#N)n2)nc1-c1nc2cc(C(F)(F)F)cnc2n1C. The van der Waals surface area contributed by atoms with Gasteiger partial charge in [-0.25, -0.2) is 33.0 Å². The molecule has 0 bridgehead atoms. The number of hydrogen-bond donors (Lipinski definition) is 0. The molecule has 0 unspecified atom stereocenters. The summed E-state index contributed by atoms with van der Waals surface area (Å²) in [6, 6.07) is 5.29. The smallest absolute Gasteiger partial charge is 0.310 e. The van der Waals surface area contributed by atoms with Crippen molar-refractivity contribution in [2.24, 2.45) is 7.05 Å². The van der Waals surface area contributed by atoms with Crippen molar-refractivity contribution in [2.75, 3.05) is 5.75 Å². The lowest BCUT2D eigenvalue weighted by Gasteiger charge is -2.10. The fraction of sp³-hybridized carbons (Fsp3) is 0.222. The molecular formula is C18H13F3N8O2S. The van der Waals surface area contributed by atoms with Crippen LogP contribution in [0.5, 0.6) is 0 Å². The zero-order valence-electron chi connectivity index (χ0n) is 16.5. The zero-order valence-corrected chi connectivity index (χ0v) is 17.3. The third-order valence-electron chi connectivity index (χ3n) is 4.63. The van der Waals surface area contributed by atoms with E-state index in [4.69, 9.17) is 5.26 Å². The Morgan fingerprint density at radius 1 is 1.19 bits per heavy atom. The van der Waals surface area contributed by atoms with E-state index in [-0.39, 0.29) is 45.0 Å². The van der Waals surface area contributed by atoms with Crippen LogP contribution in [0.1, 0.15) is 18.3 Å². The van der Waals surface area contributed by atoms with E-state index in [2.05, 4.69) is 25.0 Å². The summed E-state index contributed by atoms with van der Waals surface area (Å²) in [6.07, 6.45) is -2.70.